The fraction of sp³-hybridized carbons (Fsp3) is 0.409. The molecule has 2 aromatic rings. The normalized spacial score (nSPS) is 17.2. The Labute approximate surface area is 166 Å². The van der Waals surface area contributed by atoms with Crippen LogP contribution in [-0.4, -0.2) is 47.4 Å². The fourth-order valence-electron chi connectivity index (χ4n) is 3.49. The van der Waals surface area contributed by atoms with Crippen molar-refractivity contribution in [1.29, 1.82) is 0 Å². The van der Waals surface area contributed by atoms with Crippen molar-refractivity contribution in [1.82, 2.24) is 20.5 Å². The molecule has 2 amide bonds. The van der Waals surface area contributed by atoms with Gasteiger partial charge in [-0.1, -0.05) is 30.3 Å². The van der Waals surface area contributed by atoms with E-state index in [4.69, 9.17) is 0 Å². The summed E-state index contributed by atoms with van der Waals surface area (Å²) in [4.78, 5) is 31.0. The number of piperazine rings is 1. The van der Waals surface area contributed by atoms with Gasteiger partial charge in [-0.05, 0) is 42.5 Å². The minimum absolute atomic E-state index is 0.0645. The zero-order valence-electron chi connectivity index (χ0n) is 16.4. The maximum Gasteiger partial charge on any atom is 0.237 e. The SMILES string of the molecule is Cc1ccccc1CN1CCNC(=O)[C@H]1CC(=O)NCCCc1cccnc1. The predicted octanol–water partition coefficient (Wildman–Crippen LogP) is 1.83. The van der Waals surface area contributed by atoms with Gasteiger partial charge >= 0.3 is 0 Å². The number of hydrogen-bond acceptors (Lipinski definition) is 4. The van der Waals surface area contributed by atoms with E-state index in [0.717, 1.165) is 24.9 Å². The predicted molar refractivity (Wildman–Crippen MR) is 109 cm³/mol. The Morgan fingerprint density at radius 2 is 2.14 bits per heavy atom. The minimum Gasteiger partial charge on any atom is -0.356 e. The highest BCUT2D eigenvalue weighted by Crippen LogP contribution is 2.16. The Hall–Kier alpha value is -2.73. The molecule has 0 radical (unpaired) electrons. The van der Waals surface area contributed by atoms with Crippen molar-refractivity contribution in [2.75, 3.05) is 19.6 Å². The van der Waals surface area contributed by atoms with Crippen LogP contribution < -0.4 is 10.6 Å². The Morgan fingerprint density at radius 1 is 1.29 bits per heavy atom. The summed E-state index contributed by atoms with van der Waals surface area (Å²) in [6.07, 6.45) is 5.50. The van der Waals surface area contributed by atoms with Gasteiger partial charge in [0.15, 0.2) is 0 Å². The Bertz CT molecular complexity index is 794. The van der Waals surface area contributed by atoms with E-state index in [-0.39, 0.29) is 18.2 Å². The van der Waals surface area contributed by atoms with Crippen molar-refractivity contribution in [3.8, 4) is 0 Å². The molecule has 6 heteroatoms. The third kappa shape index (κ3) is 5.63. The highest BCUT2D eigenvalue weighted by molar-refractivity contribution is 5.88. The lowest BCUT2D eigenvalue weighted by Gasteiger charge is -2.35. The number of carbonyl (C=O) groups is 2. The van der Waals surface area contributed by atoms with Crippen molar-refractivity contribution in [3.05, 3.63) is 65.5 Å². The van der Waals surface area contributed by atoms with Gasteiger partial charge in [0.2, 0.25) is 11.8 Å². The molecule has 0 saturated carbocycles. The summed E-state index contributed by atoms with van der Waals surface area (Å²) >= 11 is 0. The van der Waals surface area contributed by atoms with Gasteiger partial charge in [-0.3, -0.25) is 19.5 Å². The lowest BCUT2D eigenvalue weighted by molar-refractivity contribution is -0.134. The third-order valence-electron chi connectivity index (χ3n) is 5.14. The van der Waals surface area contributed by atoms with E-state index in [2.05, 4.69) is 39.6 Å². The summed E-state index contributed by atoms with van der Waals surface area (Å²) in [6, 6.07) is 11.7. The van der Waals surface area contributed by atoms with E-state index < -0.39 is 6.04 Å². The van der Waals surface area contributed by atoms with Gasteiger partial charge in [-0.15, -0.1) is 0 Å². The zero-order chi connectivity index (χ0) is 19.8. The van der Waals surface area contributed by atoms with E-state index in [9.17, 15) is 9.59 Å². The molecule has 0 bridgehead atoms. The zero-order valence-corrected chi connectivity index (χ0v) is 16.4. The van der Waals surface area contributed by atoms with Crippen LogP contribution in [0.25, 0.3) is 0 Å². The molecule has 148 valence electrons. The second-order valence-corrected chi connectivity index (χ2v) is 7.22. The van der Waals surface area contributed by atoms with Crippen LogP contribution in [0.15, 0.2) is 48.8 Å². The van der Waals surface area contributed by atoms with Gasteiger partial charge in [-0.2, -0.15) is 0 Å². The number of hydrogen-bond donors (Lipinski definition) is 2. The number of carbonyl (C=O) groups excluding carboxylic acids is 2. The average molecular weight is 380 g/mol. The number of benzene rings is 1. The molecule has 1 aliphatic rings. The molecule has 1 saturated heterocycles. The van der Waals surface area contributed by atoms with Crippen LogP contribution >= 0.6 is 0 Å². The molecule has 2 N–H and O–H groups in total. The molecule has 28 heavy (non-hydrogen) atoms. The first-order valence-electron chi connectivity index (χ1n) is 9.85. The first-order valence-corrected chi connectivity index (χ1v) is 9.85. The number of pyridine rings is 1. The first kappa shape index (κ1) is 20.0. The van der Waals surface area contributed by atoms with Crippen LogP contribution in [0.5, 0.6) is 0 Å². The van der Waals surface area contributed by atoms with Crippen molar-refractivity contribution in [2.45, 2.75) is 38.8 Å². The van der Waals surface area contributed by atoms with Crippen LogP contribution in [0, 0.1) is 6.92 Å². The van der Waals surface area contributed by atoms with Crippen molar-refractivity contribution in [2.24, 2.45) is 0 Å². The molecule has 0 aliphatic carbocycles. The van der Waals surface area contributed by atoms with Gasteiger partial charge in [-0.25, -0.2) is 0 Å². The van der Waals surface area contributed by atoms with Gasteiger partial charge in [0, 0.05) is 38.6 Å². The summed E-state index contributed by atoms with van der Waals surface area (Å²) in [5.74, 6) is -0.145. The summed E-state index contributed by atoms with van der Waals surface area (Å²) < 4.78 is 0. The van der Waals surface area contributed by atoms with Crippen LogP contribution in [-0.2, 0) is 22.6 Å². The first-order chi connectivity index (χ1) is 13.6. The molecule has 6 nitrogen and oxygen atoms in total. The maximum absolute atomic E-state index is 12.4. The summed E-state index contributed by atoms with van der Waals surface area (Å²) in [5, 5.41) is 5.84. The van der Waals surface area contributed by atoms with Crippen molar-refractivity contribution >= 4 is 11.8 Å². The maximum atomic E-state index is 12.4. The standard InChI is InChI=1S/C22H28N4O2/c1-17-6-2-3-9-19(17)16-26-13-12-25-22(28)20(26)14-21(27)24-11-5-8-18-7-4-10-23-15-18/h2-4,6-7,9-10,15,20H,5,8,11-14,16H2,1H3,(H,24,27)(H,25,28)/t20-/m1/s1. The van der Waals surface area contributed by atoms with Crippen LogP contribution in [0.2, 0.25) is 0 Å². The van der Waals surface area contributed by atoms with Gasteiger partial charge in [0.25, 0.3) is 0 Å². The number of amides is 2. The number of nitrogens with one attached hydrogen (secondary N) is 2. The number of aromatic nitrogens is 1. The highest BCUT2D eigenvalue weighted by atomic mass is 16.2. The number of rotatable bonds is 8. The van der Waals surface area contributed by atoms with Crippen LogP contribution in [0.3, 0.4) is 0 Å². The topological polar surface area (TPSA) is 74.3 Å². The molecule has 3 rings (SSSR count). The largest absolute Gasteiger partial charge is 0.356 e. The van der Waals surface area contributed by atoms with Gasteiger partial charge < -0.3 is 10.6 Å². The molecule has 1 aromatic carbocycles. The molecular formula is C22H28N4O2. The Morgan fingerprint density at radius 3 is 2.93 bits per heavy atom. The highest BCUT2D eigenvalue weighted by Gasteiger charge is 2.31. The minimum atomic E-state index is -0.424. The molecule has 2 heterocycles. The van der Waals surface area contributed by atoms with E-state index in [1.54, 1.807) is 6.20 Å². The summed E-state index contributed by atoms with van der Waals surface area (Å²) in [6.45, 7) is 4.72. The average Bonchev–Trinajstić information content (AvgIpc) is 2.70. The quantitative estimate of drug-likeness (QED) is 0.685. The number of aryl methyl sites for hydroxylation is 2. The Balaban J connectivity index is 1.50. The molecule has 1 atom stereocenters. The van der Waals surface area contributed by atoms with E-state index in [1.165, 1.54) is 11.1 Å². The van der Waals surface area contributed by atoms with Crippen LogP contribution in [0.4, 0.5) is 0 Å². The Kier molecular flexibility index (Phi) is 7.14. The fourth-order valence-corrected chi connectivity index (χ4v) is 3.49. The lowest BCUT2D eigenvalue weighted by Crippen LogP contribution is -2.56. The van der Waals surface area contributed by atoms with Crippen molar-refractivity contribution < 1.29 is 9.59 Å². The molecule has 1 fully saturated rings. The summed E-state index contributed by atoms with van der Waals surface area (Å²) in [7, 11) is 0. The van der Waals surface area contributed by atoms with Gasteiger partial charge in [0.1, 0.15) is 0 Å². The van der Waals surface area contributed by atoms with Gasteiger partial charge in [0.05, 0.1) is 12.5 Å². The lowest BCUT2D eigenvalue weighted by atomic mass is 10.0. The molecule has 1 aromatic heterocycles. The molecule has 0 spiro atoms. The number of nitrogens with zero attached hydrogens (tertiary/aromatic N) is 2. The smallest absolute Gasteiger partial charge is 0.237 e. The second kappa shape index (κ2) is 9.99. The monoisotopic (exact) mass is 380 g/mol. The summed E-state index contributed by atoms with van der Waals surface area (Å²) in [5.41, 5.74) is 3.55. The van der Waals surface area contributed by atoms with E-state index in [1.807, 2.05) is 30.5 Å². The van der Waals surface area contributed by atoms with Crippen molar-refractivity contribution in [3.63, 3.8) is 0 Å². The van der Waals surface area contributed by atoms with E-state index in [0.29, 0.717) is 19.6 Å². The molecule has 1 aliphatic heterocycles. The van der Waals surface area contributed by atoms with E-state index >= 15 is 0 Å². The molecular weight excluding hydrogens is 352 g/mol. The second-order valence-electron chi connectivity index (χ2n) is 7.22. The molecule has 0 unspecified atom stereocenters. The van der Waals surface area contributed by atoms with Crippen LogP contribution in [0.1, 0.15) is 29.5 Å². The third-order valence-corrected chi connectivity index (χ3v) is 5.14.